The SMILES string of the molecule is CCCCCCCCCCCCCCc1cc(Oc2ccccc2)cc(S(=O)(=O)[O-])c1.[K+]. The Labute approximate surface area is 237 Å². The van der Waals surface area contributed by atoms with Gasteiger partial charge in [0.2, 0.25) is 0 Å². The molecule has 0 heterocycles. The number of hydrogen-bond acceptors (Lipinski definition) is 4. The molecule has 0 saturated carbocycles. The quantitative estimate of drug-likeness (QED) is 0.198. The van der Waals surface area contributed by atoms with E-state index in [-0.39, 0.29) is 56.3 Å². The zero-order chi connectivity index (χ0) is 22.4. The molecule has 4 nitrogen and oxygen atoms in total. The number of aryl methyl sites for hydroxylation is 1. The van der Waals surface area contributed by atoms with Gasteiger partial charge in [0, 0.05) is 0 Å². The van der Waals surface area contributed by atoms with Crippen LogP contribution in [0.15, 0.2) is 53.4 Å². The van der Waals surface area contributed by atoms with Crippen molar-refractivity contribution in [3.05, 3.63) is 54.1 Å². The second-order valence-electron chi connectivity index (χ2n) is 8.32. The van der Waals surface area contributed by atoms with Crippen LogP contribution >= 0.6 is 0 Å². The third-order valence-electron chi connectivity index (χ3n) is 5.53. The van der Waals surface area contributed by atoms with Crippen LogP contribution in [-0.4, -0.2) is 13.0 Å². The summed E-state index contributed by atoms with van der Waals surface area (Å²) in [6, 6.07) is 13.8. The van der Waals surface area contributed by atoms with E-state index in [1.165, 1.54) is 76.3 Å². The first kappa shape index (κ1) is 29.8. The van der Waals surface area contributed by atoms with Gasteiger partial charge >= 0.3 is 51.4 Å². The maximum Gasteiger partial charge on any atom is 1.00 e. The van der Waals surface area contributed by atoms with E-state index in [0.717, 1.165) is 24.8 Å². The van der Waals surface area contributed by atoms with Crippen molar-refractivity contribution >= 4 is 10.1 Å². The number of ether oxygens (including phenoxy) is 1. The molecule has 0 aliphatic rings. The Bertz CT molecular complexity index is 853. The van der Waals surface area contributed by atoms with E-state index in [1.54, 1.807) is 12.1 Å². The van der Waals surface area contributed by atoms with E-state index in [9.17, 15) is 13.0 Å². The van der Waals surface area contributed by atoms with Crippen LogP contribution < -0.4 is 56.1 Å². The van der Waals surface area contributed by atoms with Crippen molar-refractivity contribution in [1.29, 1.82) is 0 Å². The van der Waals surface area contributed by atoms with E-state index in [0.29, 0.717) is 11.5 Å². The summed E-state index contributed by atoms with van der Waals surface area (Å²) in [4.78, 5) is -0.227. The molecule has 0 atom stereocenters. The van der Waals surface area contributed by atoms with Crippen molar-refractivity contribution in [2.45, 2.75) is 95.3 Å². The molecular weight excluding hydrogens is 447 g/mol. The minimum atomic E-state index is -4.53. The van der Waals surface area contributed by atoms with Gasteiger partial charge in [0.15, 0.2) is 0 Å². The molecule has 0 bridgehead atoms. The van der Waals surface area contributed by atoms with E-state index < -0.39 is 10.1 Å². The van der Waals surface area contributed by atoms with Crippen LogP contribution in [0.25, 0.3) is 0 Å². The van der Waals surface area contributed by atoms with Crippen LogP contribution in [0.5, 0.6) is 11.5 Å². The summed E-state index contributed by atoms with van der Waals surface area (Å²) in [6.07, 6.45) is 16.1. The monoisotopic (exact) mass is 484 g/mol. The van der Waals surface area contributed by atoms with Crippen molar-refractivity contribution < 1.29 is 69.1 Å². The molecule has 0 aromatic heterocycles. The molecule has 2 aromatic rings. The second-order valence-corrected chi connectivity index (χ2v) is 9.70. The molecule has 0 fully saturated rings. The minimum absolute atomic E-state index is 0. The molecule has 172 valence electrons. The number of para-hydroxylation sites is 1. The molecule has 2 rings (SSSR count). The molecule has 0 aliphatic heterocycles. The molecule has 2 aromatic carbocycles. The first-order valence-corrected chi connectivity index (χ1v) is 13.2. The van der Waals surface area contributed by atoms with Gasteiger partial charge in [-0.25, -0.2) is 8.42 Å². The predicted octanol–water partition coefficient (Wildman–Crippen LogP) is 4.63. The third kappa shape index (κ3) is 12.9. The van der Waals surface area contributed by atoms with E-state index in [4.69, 9.17) is 4.74 Å². The van der Waals surface area contributed by atoms with Crippen LogP contribution in [0.3, 0.4) is 0 Å². The van der Waals surface area contributed by atoms with Gasteiger partial charge in [-0.2, -0.15) is 0 Å². The summed E-state index contributed by atoms with van der Waals surface area (Å²) in [6.45, 7) is 2.25. The fourth-order valence-corrected chi connectivity index (χ4v) is 4.33. The van der Waals surface area contributed by atoms with Gasteiger partial charge in [-0.05, 0) is 48.7 Å². The number of unbranched alkanes of at least 4 members (excludes halogenated alkanes) is 11. The summed E-state index contributed by atoms with van der Waals surface area (Å²) in [5.41, 5.74) is 0.829. The van der Waals surface area contributed by atoms with Gasteiger partial charge in [0.1, 0.15) is 21.6 Å². The van der Waals surface area contributed by atoms with E-state index in [2.05, 4.69) is 6.92 Å². The standard InChI is InChI=1S/C26H38O4S.K/c1-2-3-4-5-6-7-8-9-10-11-12-14-17-23-20-25(22-26(21-23)31(27,28)29)30-24-18-15-13-16-19-24;/h13,15-16,18-22H,2-12,14,17H2,1H3,(H,27,28,29);/q;+1/p-1. The molecule has 0 spiro atoms. The Kier molecular flexibility index (Phi) is 16.1. The largest absolute Gasteiger partial charge is 1.00 e. The van der Waals surface area contributed by atoms with Crippen molar-refractivity contribution in [3.8, 4) is 11.5 Å². The van der Waals surface area contributed by atoms with E-state index in [1.807, 2.05) is 24.3 Å². The van der Waals surface area contributed by atoms with Crippen molar-refractivity contribution in [2.24, 2.45) is 0 Å². The van der Waals surface area contributed by atoms with Gasteiger partial charge < -0.3 is 9.29 Å². The Balaban J connectivity index is 0.00000512. The van der Waals surface area contributed by atoms with Crippen molar-refractivity contribution in [1.82, 2.24) is 0 Å². The summed E-state index contributed by atoms with van der Waals surface area (Å²) < 4.78 is 40.4. The first-order valence-electron chi connectivity index (χ1n) is 11.8. The molecule has 0 amide bonds. The van der Waals surface area contributed by atoms with Crippen LogP contribution in [0.1, 0.15) is 89.5 Å². The number of hydrogen-bond donors (Lipinski definition) is 0. The average Bonchev–Trinajstić information content (AvgIpc) is 2.74. The van der Waals surface area contributed by atoms with E-state index >= 15 is 0 Å². The smallest absolute Gasteiger partial charge is 0.744 e. The molecule has 6 heteroatoms. The molecular formula is C26H37KO4S. The number of rotatable bonds is 16. The van der Waals surface area contributed by atoms with Crippen molar-refractivity contribution in [2.75, 3.05) is 0 Å². The minimum Gasteiger partial charge on any atom is -0.744 e. The summed E-state index contributed by atoms with van der Waals surface area (Å²) in [5.74, 6) is 0.997. The van der Waals surface area contributed by atoms with Gasteiger partial charge in [0.05, 0.1) is 4.90 Å². The topological polar surface area (TPSA) is 66.4 Å². The third-order valence-corrected chi connectivity index (χ3v) is 6.34. The maximum atomic E-state index is 11.6. The average molecular weight is 485 g/mol. The predicted molar refractivity (Wildman–Crippen MR) is 126 cm³/mol. The summed E-state index contributed by atoms with van der Waals surface area (Å²) in [5, 5.41) is 0. The Hall–Kier alpha value is -0.214. The fourth-order valence-electron chi connectivity index (χ4n) is 3.77. The summed E-state index contributed by atoms with van der Waals surface area (Å²) in [7, 11) is -4.53. The fraction of sp³-hybridized carbons (Fsp3) is 0.538. The van der Waals surface area contributed by atoms with Gasteiger partial charge in [-0.3, -0.25) is 0 Å². The Morgan fingerprint density at radius 3 is 1.78 bits per heavy atom. The Morgan fingerprint density at radius 2 is 1.25 bits per heavy atom. The van der Waals surface area contributed by atoms with Crippen LogP contribution in [-0.2, 0) is 16.5 Å². The van der Waals surface area contributed by atoms with Crippen LogP contribution in [0.4, 0.5) is 0 Å². The molecule has 32 heavy (non-hydrogen) atoms. The zero-order valence-corrected chi connectivity index (χ0v) is 23.8. The molecule has 0 radical (unpaired) electrons. The van der Waals surface area contributed by atoms with Crippen LogP contribution in [0, 0.1) is 0 Å². The zero-order valence-electron chi connectivity index (χ0n) is 19.9. The second kappa shape index (κ2) is 17.3. The van der Waals surface area contributed by atoms with Gasteiger partial charge in [-0.15, -0.1) is 0 Å². The van der Waals surface area contributed by atoms with Crippen LogP contribution in [0.2, 0.25) is 0 Å². The molecule has 0 unspecified atom stereocenters. The maximum absolute atomic E-state index is 11.6. The first-order chi connectivity index (χ1) is 15.0. The normalized spacial score (nSPS) is 11.2. The summed E-state index contributed by atoms with van der Waals surface area (Å²) >= 11 is 0. The molecule has 0 aliphatic carbocycles. The molecule has 0 saturated heterocycles. The number of benzene rings is 2. The Morgan fingerprint density at radius 1 is 0.719 bits per heavy atom. The van der Waals surface area contributed by atoms with Crippen molar-refractivity contribution in [3.63, 3.8) is 0 Å². The van der Waals surface area contributed by atoms with Gasteiger partial charge in [-0.1, -0.05) is 95.8 Å². The molecule has 0 N–H and O–H groups in total. The van der Waals surface area contributed by atoms with Gasteiger partial charge in [0.25, 0.3) is 0 Å².